The van der Waals surface area contributed by atoms with Gasteiger partial charge in [0, 0.05) is 64.7 Å². The van der Waals surface area contributed by atoms with Crippen molar-refractivity contribution in [3.8, 4) is 5.75 Å². The van der Waals surface area contributed by atoms with Gasteiger partial charge >= 0.3 is 0 Å². The van der Waals surface area contributed by atoms with Crippen molar-refractivity contribution in [3.63, 3.8) is 0 Å². The molecule has 10 aromatic rings. The van der Waals surface area contributed by atoms with E-state index >= 15 is 0 Å². The molecule has 33 heteroatoms. The molecule has 3 saturated heterocycles. The Morgan fingerprint density at radius 2 is 0.678 bits per heavy atom. The molecule has 21 nitrogen and oxygen atoms in total. The van der Waals surface area contributed by atoms with Gasteiger partial charge in [0.25, 0.3) is 23.6 Å². The lowest BCUT2D eigenvalue weighted by molar-refractivity contribution is 0.0384. The lowest BCUT2D eigenvalue weighted by Gasteiger charge is -2.44. The number of carbonyl (C=O) groups is 4. The Morgan fingerprint density at radius 1 is 0.339 bits per heavy atom. The summed E-state index contributed by atoms with van der Waals surface area (Å²) >= 11 is 48.5. The Hall–Kier alpha value is -8.28. The van der Waals surface area contributed by atoms with E-state index in [9.17, 15) is 52.8 Å². The molecule has 8 heterocycles. The Bertz CT molecular complexity index is 5860. The molecule has 15 rings (SSSR count). The number of sulfone groups is 4. The summed E-state index contributed by atoms with van der Waals surface area (Å²) in [5.74, 6) is -0.894. The van der Waals surface area contributed by atoms with Crippen LogP contribution in [0.5, 0.6) is 5.75 Å². The number of carbonyl (C=O) groups excluding carboxylic acids is 4. The second-order valence-corrected chi connectivity index (χ2v) is 40.9. The first-order valence-electron chi connectivity index (χ1n) is 39.3. The minimum absolute atomic E-state index is 0.0385. The summed E-state index contributed by atoms with van der Waals surface area (Å²) in [6.45, 7) is 6.35. The molecule has 4 aromatic heterocycles. The zero-order valence-corrected chi connectivity index (χ0v) is 75.0. The van der Waals surface area contributed by atoms with Crippen LogP contribution in [-0.4, -0.2) is 148 Å². The molecule has 4 amide bonds. The molecule has 1 saturated carbocycles. The predicted octanol–water partition coefficient (Wildman–Crippen LogP) is 19.5. The highest BCUT2D eigenvalue weighted by Crippen LogP contribution is 2.39. The van der Waals surface area contributed by atoms with Crippen LogP contribution in [-0.2, 0) is 75.3 Å². The van der Waals surface area contributed by atoms with E-state index in [0.717, 1.165) is 69.2 Å². The fraction of sp³-hybridized carbons (Fsp3) is 0.318. The second kappa shape index (κ2) is 41.5. The second-order valence-electron chi connectivity index (χ2n) is 29.9. The third-order valence-corrected chi connectivity index (χ3v) is 31.6. The number of halogens is 8. The summed E-state index contributed by atoms with van der Waals surface area (Å²) in [6, 6.07) is 53.8. The van der Waals surface area contributed by atoms with E-state index in [1.807, 2.05) is 54.3 Å². The van der Waals surface area contributed by atoms with Crippen molar-refractivity contribution in [1.82, 2.24) is 39.5 Å². The monoisotopic (exact) mass is 1870 g/mol. The standard InChI is InChI=1S/C25H24Cl2N2O4S.C22H24Cl2N2O3S.C22H18Cl2N2O3S.C19H20Cl2N2O3S/c1-17-8-10-19(11-9-17)33-20-12-14-29(15-13-20)25(30)23-7-2-4-18(28-23)16-34(31,32)24-21(26)5-3-6-22(24)27;23-17-9-4-10-18(24)21(17)30(28,29)14-16-8-3-11-19(25-16)22(27)26-13-5-7-15-6-1-2-12-20(15)26;23-18-8-4-9-19(24)21(18)30(28,29)14-17-7-3-10-20(25-17)22(27)26-12-11-15-5-1-2-6-16(15)13-26;20-15-8-6-9-16(21)18(15)27(25,26)13-14-7-5-10-17(22-14)19(24)23-11-3-1-2-4-12-23/h2-11,20H,12-16H2,1H3;3-4,8-11,15,20H,1-2,5-7,12-14H2;1-10H,11-14H2;5-10H,1-4,11-13H2. The Balaban J connectivity index is 0.000000148. The Kier molecular flexibility index (Phi) is 31.5. The number of nitrogens with zero attached hydrogens (tertiary/aromatic N) is 8. The van der Waals surface area contributed by atoms with E-state index in [2.05, 4.69) is 26.0 Å². The van der Waals surface area contributed by atoms with Crippen LogP contribution in [0, 0.1) is 12.8 Å². The number of piperidine rings is 2. The van der Waals surface area contributed by atoms with Gasteiger partial charge in [-0.15, -0.1) is 0 Å². The number of likely N-dealkylation sites (tertiary alicyclic amines) is 3. The summed E-state index contributed by atoms with van der Waals surface area (Å²) in [6.07, 6.45) is 13.2. The van der Waals surface area contributed by atoms with Gasteiger partial charge in [-0.05, 0) is 178 Å². The van der Waals surface area contributed by atoms with Crippen LogP contribution in [0.2, 0.25) is 40.2 Å². The van der Waals surface area contributed by atoms with Gasteiger partial charge < -0.3 is 24.3 Å². The minimum Gasteiger partial charge on any atom is -0.490 e. The van der Waals surface area contributed by atoms with E-state index in [4.69, 9.17) is 97.5 Å². The van der Waals surface area contributed by atoms with E-state index < -0.39 is 50.9 Å². The number of rotatable bonds is 18. The number of aryl methyl sites for hydroxylation is 1. The van der Waals surface area contributed by atoms with Crippen LogP contribution < -0.4 is 4.74 Å². The third kappa shape index (κ3) is 23.8. The third-order valence-electron chi connectivity index (χ3n) is 21.2. The van der Waals surface area contributed by atoms with Crippen molar-refractivity contribution in [1.29, 1.82) is 0 Å². The molecule has 2 unspecified atom stereocenters. The van der Waals surface area contributed by atoms with Crippen molar-refractivity contribution in [3.05, 3.63) is 297 Å². The molecule has 1 aliphatic carbocycles. The molecular weight excluding hydrogens is 1790 g/mol. The van der Waals surface area contributed by atoms with Gasteiger partial charge in [0.15, 0.2) is 39.3 Å². The number of ether oxygens (including phenoxy) is 1. The summed E-state index contributed by atoms with van der Waals surface area (Å²) in [5.41, 5.74) is 5.59. The van der Waals surface area contributed by atoms with Crippen LogP contribution in [0.25, 0.3) is 0 Å². The van der Waals surface area contributed by atoms with Gasteiger partial charge in [0.05, 0.1) is 86.0 Å². The predicted molar refractivity (Wildman–Crippen MR) is 472 cm³/mol. The number of amides is 4. The van der Waals surface area contributed by atoms with Gasteiger partial charge in [0.1, 0.15) is 54.2 Å². The summed E-state index contributed by atoms with van der Waals surface area (Å²) in [7, 11) is -15.3. The molecule has 4 fully saturated rings. The van der Waals surface area contributed by atoms with E-state index in [1.165, 1.54) is 78.9 Å². The minimum atomic E-state index is -3.85. The topological polar surface area (TPSA) is 279 Å². The first-order chi connectivity index (χ1) is 57.8. The largest absolute Gasteiger partial charge is 0.490 e. The van der Waals surface area contributed by atoms with Gasteiger partial charge in [0.2, 0.25) is 0 Å². The van der Waals surface area contributed by atoms with Crippen LogP contribution in [0.15, 0.2) is 214 Å². The zero-order valence-electron chi connectivity index (χ0n) is 65.7. The highest BCUT2D eigenvalue weighted by molar-refractivity contribution is 7.91. The summed E-state index contributed by atoms with van der Waals surface area (Å²) in [5, 5.41) is 0.505. The lowest BCUT2D eigenvalue weighted by Crippen LogP contribution is -2.49. The molecule has 0 radical (unpaired) electrons. The van der Waals surface area contributed by atoms with Crippen molar-refractivity contribution in [2.24, 2.45) is 5.92 Å². The molecule has 4 aliphatic heterocycles. The number of benzene rings is 6. The Morgan fingerprint density at radius 3 is 1.07 bits per heavy atom. The first kappa shape index (κ1) is 91.9. The highest BCUT2D eigenvalue weighted by atomic mass is 35.5. The van der Waals surface area contributed by atoms with E-state index in [1.54, 1.807) is 112 Å². The smallest absolute Gasteiger partial charge is 0.272 e. The van der Waals surface area contributed by atoms with Gasteiger partial charge in [-0.3, -0.25) is 19.2 Å². The quantitative estimate of drug-likeness (QED) is 0.0771. The number of aromatic nitrogens is 4. The number of hydrogen-bond donors (Lipinski definition) is 0. The summed E-state index contributed by atoms with van der Waals surface area (Å²) < 4.78 is 109. The maximum atomic E-state index is 13.2. The van der Waals surface area contributed by atoms with E-state index in [-0.39, 0.29) is 141 Å². The van der Waals surface area contributed by atoms with Gasteiger partial charge in [-0.1, -0.05) is 209 Å². The number of hydrogen-bond acceptors (Lipinski definition) is 17. The van der Waals surface area contributed by atoms with Crippen molar-refractivity contribution in [2.45, 2.75) is 152 Å². The highest BCUT2D eigenvalue weighted by Gasteiger charge is 2.38. The Labute approximate surface area is 745 Å². The molecule has 636 valence electrons. The molecule has 0 spiro atoms. The van der Waals surface area contributed by atoms with Crippen molar-refractivity contribution in [2.75, 3.05) is 39.3 Å². The van der Waals surface area contributed by atoms with Gasteiger partial charge in [-0.25, -0.2) is 53.6 Å². The molecular formula is C88H86Cl8N8O13S4. The average molecular weight is 1880 g/mol. The first-order valence-corrected chi connectivity index (χ1v) is 49.0. The molecule has 6 aromatic carbocycles. The van der Waals surface area contributed by atoms with Crippen LogP contribution >= 0.6 is 92.8 Å². The molecule has 0 N–H and O–H groups in total. The SMILES string of the molecule is Cc1ccc(OC2CCN(C(=O)c3cccc(CS(=O)(=O)c4c(Cl)cccc4Cl)n3)CC2)cc1.O=C(c1cccc(CS(=O)(=O)c2c(Cl)cccc2Cl)n1)N1CCCC2CCCCC21.O=C(c1cccc(CS(=O)(=O)c2c(Cl)cccc2Cl)n1)N1CCCCCC1.O=C(c1cccc(CS(=O)(=O)c2c(Cl)cccc2Cl)n1)N1CCc2ccccc2C1. The normalized spacial score (nSPS) is 16.4. The van der Waals surface area contributed by atoms with Gasteiger partial charge in [-0.2, -0.15) is 0 Å². The summed E-state index contributed by atoms with van der Waals surface area (Å²) in [4.78, 5) is 76.0. The molecule has 5 aliphatic rings. The number of pyridine rings is 4. The molecule has 2 atom stereocenters. The van der Waals surface area contributed by atoms with E-state index in [0.29, 0.717) is 69.4 Å². The van der Waals surface area contributed by atoms with Crippen LogP contribution in [0.3, 0.4) is 0 Å². The zero-order chi connectivity index (χ0) is 86.3. The van der Waals surface area contributed by atoms with Crippen LogP contribution in [0.4, 0.5) is 0 Å². The van der Waals surface area contributed by atoms with Crippen molar-refractivity contribution < 1.29 is 57.6 Å². The fourth-order valence-electron chi connectivity index (χ4n) is 15.3. The van der Waals surface area contributed by atoms with Crippen molar-refractivity contribution >= 4 is 156 Å². The average Bonchev–Trinajstić information content (AvgIpc) is 1.04. The van der Waals surface area contributed by atoms with Crippen LogP contribution in [0.1, 0.15) is 158 Å². The fourth-order valence-corrected chi connectivity index (χ4v) is 25.5. The molecule has 121 heavy (non-hydrogen) atoms. The molecule has 0 bridgehead atoms. The lowest BCUT2D eigenvalue weighted by atomic mass is 9.78. The number of fused-ring (bicyclic) bond motifs is 2. The maximum absolute atomic E-state index is 13.2. The maximum Gasteiger partial charge on any atom is 0.272 e.